The summed E-state index contributed by atoms with van der Waals surface area (Å²) in [5, 5.41) is 0. The smallest absolute Gasteiger partial charge is 0.227 e. The van der Waals surface area contributed by atoms with Crippen LogP contribution in [-0.2, 0) is 13.0 Å². The second-order valence-corrected chi connectivity index (χ2v) is 6.08. The van der Waals surface area contributed by atoms with Crippen molar-refractivity contribution in [1.29, 1.82) is 0 Å². The molecule has 0 saturated heterocycles. The van der Waals surface area contributed by atoms with Gasteiger partial charge in [0.2, 0.25) is 5.95 Å². The van der Waals surface area contributed by atoms with E-state index in [2.05, 4.69) is 38.9 Å². The van der Waals surface area contributed by atoms with Crippen LogP contribution in [-0.4, -0.2) is 35.6 Å². The standard InChI is InChI=1S/C20H23N5/c1-24(15-11-17-8-12-21-13-9-17)19-10-14-22-20(23-19)25(2)16-18-6-4-3-5-7-18/h3-10,12-14H,11,15-16H2,1-2H3. The van der Waals surface area contributed by atoms with E-state index >= 15 is 0 Å². The van der Waals surface area contributed by atoms with Gasteiger partial charge in [0.1, 0.15) is 5.82 Å². The molecule has 3 rings (SSSR count). The number of hydrogen-bond acceptors (Lipinski definition) is 5. The molecule has 128 valence electrons. The lowest BCUT2D eigenvalue weighted by molar-refractivity contribution is 0.829. The van der Waals surface area contributed by atoms with Gasteiger partial charge < -0.3 is 9.80 Å². The van der Waals surface area contributed by atoms with Crippen molar-refractivity contribution in [2.24, 2.45) is 0 Å². The highest BCUT2D eigenvalue weighted by atomic mass is 15.3. The maximum Gasteiger partial charge on any atom is 0.227 e. The molecule has 0 fully saturated rings. The molecule has 0 aliphatic rings. The monoisotopic (exact) mass is 333 g/mol. The minimum atomic E-state index is 0.733. The fourth-order valence-corrected chi connectivity index (χ4v) is 2.62. The van der Waals surface area contributed by atoms with Gasteiger partial charge in [-0.05, 0) is 35.7 Å². The zero-order chi connectivity index (χ0) is 17.5. The highest BCUT2D eigenvalue weighted by Crippen LogP contribution is 2.15. The Morgan fingerprint density at radius 2 is 1.56 bits per heavy atom. The zero-order valence-electron chi connectivity index (χ0n) is 14.7. The molecule has 2 heterocycles. The molecule has 0 saturated carbocycles. The van der Waals surface area contributed by atoms with Gasteiger partial charge in [0, 0.05) is 45.8 Å². The van der Waals surface area contributed by atoms with E-state index in [1.807, 2.05) is 62.0 Å². The van der Waals surface area contributed by atoms with E-state index in [0.717, 1.165) is 31.3 Å². The molecular formula is C20H23N5. The SMILES string of the molecule is CN(CCc1ccncc1)c1ccnc(N(C)Cc2ccccc2)n1. The van der Waals surface area contributed by atoms with Gasteiger partial charge in [0.25, 0.3) is 0 Å². The molecule has 0 atom stereocenters. The van der Waals surface area contributed by atoms with Gasteiger partial charge in [0.15, 0.2) is 0 Å². The minimum Gasteiger partial charge on any atom is -0.359 e. The van der Waals surface area contributed by atoms with Gasteiger partial charge in [-0.2, -0.15) is 4.98 Å². The van der Waals surface area contributed by atoms with Gasteiger partial charge in [-0.1, -0.05) is 30.3 Å². The quantitative estimate of drug-likeness (QED) is 0.664. The van der Waals surface area contributed by atoms with Gasteiger partial charge in [-0.25, -0.2) is 4.98 Å². The van der Waals surface area contributed by atoms with E-state index in [1.54, 1.807) is 0 Å². The Morgan fingerprint density at radius 1 is 0.800 bits per heavy atom. The first-order valence-corrected chi connectivity index (χ1v) is 8.40. The number of anilines is 2. The molecule has 2 aromatic heterocycles. The fraction of sp³-hybridized carbons (Fsp3) is 0.250. The van der Waals surface area contributed by atoms with Crippen molar-refractivity contribution in [2.75, 3.05) is 30.4 Å². The lowest BCUT2D eigenvalue weighted by atomic mass is 10.2. The number of hydrogen-bond donors (Lipinski definition) is 0. The summed E-state index contributed by atoms with van der Waals surface area (Å²) in [6.45, 7) is 1.67. The molecule has 3 aromatic rings. The fourth-order valence-electron chi connectivity index (χ4n) is 2.62. The molecule has 5 nitrogen and oxygen atoms in total. The highest BCUT2D eigenvalue weighted by Gasteiger charge is 2.09. The molecule has 5 heteroatoms. The third kappa shape index (κ3) is 4.76. The van der Waals surface area contributed by atoms with Crippen LogP contribution in [0.15, 0.2) is 67.1 Å². The van der Waals surface area contributed by atoms with Crippen LogP contribution in [0.25, 0.3) is 0 Å². The average molecular weight is 333 g/mol. The van der Waals surface area contributed by atoms with E-state index in [4.69, 9.17) is 4.98 Å². The Labute approximate surface area is 149 Å². The number of likely N-dealkylation sites (N-methyl/N-ethyl adjacent to an activating group) is 1. The number of pyridine rings is 1. The summed E-state index contributed by atoms with van der Waals surface area (Å²) < 4.78 is 0. The van der Waals surface area contributed by atoms with Crippen LogP contribution in [0.1, 0.15) is 11.1 Å². The second kappa shape index (κ2) is 8.24. The maximum atomic E-state index is 4.71. The van der Waals surface area contributed by atoms with Crippen molar-refractivity contribution >= 4 is 11.8 Å². The minimum absolute atomic E-state index is 0.733. The molecule has 0 aliphatic heterocycles. The molecule has 0 N–H and O–H groups in total. The second-order valence-electron chi connectivity index (χ2n) is 6.08. The van der Waals surface area contributed by atoms with Crippen molar-refractivity contribution in [3.05, 3.63) is 78.2 Å². The number of aromatic nitrogens is 3. The third-order valence-electron chi connectivity index (χ3n) is 4.11. The largest absolute Gasteiger partial charge is 0.359 e. The molecule has 25 heavy (non-hydrogen) atoms. The van der Waals surface area contributed by atoms with Crippen LogP contribution in [0.5, 0.6) is 0 Å². The van der Waals surface area contributed by atoms with Crippen LogP contribution >= 0.6 is 0 Å². The number of rotatable bonds is 7. The molecule has 0 unspecified atom stereocenters. The summed E-state index contributed by atoms with van der Waals surface area (Å²) in [6.07, 6.45) is 6.44. The van der Waals surface area contributed by atoms with Gasteiger partial charge in [-0.15, -0.1) is 0 Å². The van der Waals surface area contributed by atoms with Crippen LogP contribution in [0, 0.1) is 0 Å². The predicted octanol–water partition coefficient (Wildman–Crippen LogP) is 3.19. The van der Waals surface area contributed by atoms with Crippen LogP contribution in [0.4, 0.5) is 11.8 Å². The lowest BCUT2D eigenvalue weighted by Gasteiger charge is -2.21. The molecular weight excluding hydrogens is 310 g/mol. The lowest BCUT2D eigenvalue weighted by Crippen LogP contribution is -2.24. The third-order valence-corrected chi connectivity index (χ3v) is 4.11. The van der Waals surface area contributed by atoms with Crippen LogP contribution < -0.4 is 9.80 Å². The van der Waals surface area contributed by atoms with E-state index in [9.17, 15) is 0 Å². The summed E-state index contributed by atoms with van der Waals surface area (Å²) in [7, 11) is 4.08. The summed E-state index contributed by atoms with van der Waals surface area (Å²) >= 11 is 0. The van der Waals surface area contributed by atoms with Crippen molar-refractivity contribution in [2.45, 2.75) is 13.0 Å². The molecule has 0 aliphatic carbocycles. The van der Waals surface area contributed by atoms with Crippen LogP contribution in [0.3, 0.4) is 0 Å². The molecule has 0 bridgehead atoms. The number of benzene rings is 1. The van der Waals surface area contributed by atoms with Gasteiger partial charge >= 0.3 is 0 Å². The van der Waals surface area contributed by atoms with E-state index in [1.165, 1.54) is 11.1 Å². The van der Waals surface area contributed by atoms with Crippen molar-refractivity contribution in [3.8, 4) is 0 Å². The first kappa shape index (κ1) is 16.9. The molecule has 0 radical (unpaired) electrons. The van der Waals surface area contributed by atoms with Crippen molar-refractivity contribution in [1.82, 2.24) is 15.0 Å². The first-order chi connectivity index (χ1) is 12.2. The van der Waals surface area contributed by atoms with Crippen LogP contribution in [0.2, 0.25) is 0 Å². The Morgan fingerprint density at radius 3 is 2.32 bits per heavy atom. The van der Waals surface area contributed by atoms with Crippen molar-refractivity contribution in [3.63, 3.8) is 0 Å². The first-order valence-electron chi connectivity index (χ1n) is 8.40. The molecule has 0 spiro atoms. The van der Waals surface area contributed by atoms with E-state index < -0.39 is 0 Å². The summed E-state index contributed by atoms with van der Waals surface area (Å²) in [4.78, 5) is 17.4. The summed E-state index contributed by atoms with van der Waals surface area (Å²) in [5.41, 5.74) is 2.52. The Kier molecular flexibility index (Phi) is 5.57. The van der Waals surface area contributed by atoms with Crippen molar-refractivity contribution < 1.29 is 0 Å². The summed E-state index contributed by atoms with van der Waals surface area (Å²) in [6, 6.07) is 16.4. The summed E-state index contributed by atoms with van der Waals surface area (Å²) in [5.74, 6) is 1.66. The Balaban J connectivity index is 1.64. The Hall–Kier alpha value is -2.95. The van der Waals surface area contributed by atoms with Gasteiger partial charge in [0.05, 0.1) is 0 Å². The Bertz CT molecular complexity index is 776. The average Bonchev–Trinajstić information content (AvgIpc) is 2.68. The molecule has 1 aromatic carbocycles. The number of nitrogens with zero attached hydrogens (tertiary/aromatic N) is 5. The normalized spacial score (nSPS) is 10.5. The molecule has 0 amide bonds. The van der Waals surface area contributed by atoms with Gasteiger partial charge in [-0.3, -0.25) is 4.98 Å². The predicted molar refractivity (Wildman–Crippen MR) is 102 cm³/mol. The topological polar surface area (TPSA) is 45.2 Å². The van der Waals surface area contributed by atoms with E-state index in [-0.39, 0.29) is 0 Å². The highest BCUT2D eigenvalue weighted by molar-refractivity contribution is 5.43. The zero-order valence-corrected chi connectivity index (χ0v) is 14.7. The van der Waals surface area contributed by atoms with E-state index in [0.29, 0.717) is 0 Å². The maximum absolute atomic E-state index is 4.71.